The van der Waals surface area contributed by atoms with Crippen molar-refractivity contribution in [1.82, 2.24) is 15.5 Å². The summed E-state index contributed by atoms with van der Waals surface area (Å²) in [6, 6.07) is 13.0. The average Bonchev–Trinajstić information content (AvgIpc) is 3.25. The molecular weight excluding hydrogens is 511 g/mol. The summed E-state index contributed by atoms with van der Waals surface area (Å²) in [6.45, 7) is 7.16. The van der Waals surface area contributed by atoms with E-state index in [1.165, 1.54) is 15.3 Å². The van der Waals surface area contributed by atoms with Crippen molar-refractivity contribution in [1.29, 1.82) is 0 Å². The molecule has 0 spiro atoms. The molecule has 1 unspecified atom stereocenters. The SMILES string of the molecule is CCc1ccc(CNC(=NC)NCC(c2ccc(OC)cc2)N2CCOCC2)s1.I. The van der Waals surface area contributed by atoms with Crippen LogP contribution in [0.15, 0.2) is 41.4 Å². The van der Waals surface area contributed by atoms with Gasteiger partial charge in [0.1, 0.15) is 5.75 Å². The van der Waals surface area contributed by atoms with Gasteiger partial charge in [0, 0.05) is 36.4 Å². The lowest BCUT2D eigenvalue weighted by atomic mass is 10.0. The lowest BCUT2D eigenvalue weighted by Gasteiger charge is -2.35. The number of guanidine groups is 1. The molecule has 1 atom stereocenters. The van der Waals surface area contributed by atoms with Gasteiger partial charge in [0.15, 0.2) is 5.96 Å². The molecule has 3 rings (SSSR count). The molecule has 2 heterocycles. The zero-order chi connectivity index (χ0) is 20.5. The van der Waals surface area contributed by atoms with Crippen molar-refractivity contribution < 1.29 is 9.47 Å². The fourth-order valence-corrected chi connectivity index (χ4v) is 4.36. The predicted octanol–water partition coefficient (Wildman–Crippen LogP) is 3.68. The number of hydrogen-bond donors (Lipinski definition) is 2. The summed E-state index contributed by atoms with van der Waals surface area (Å²) in [7, 11) is 3.51. The van der Waals surface area contributed by atoms with Crippen molar-refractivity contribution in [2.45, 2.75) is 25.9 Å². The van der Waals surface area contributed by atoms with Crippen LogP contribution in [0.5, 0.6) is 5.75 Å². The number of morpholine rings is 1. The first-order valence-electron chi connectivity index (χ1n) is 10.2. The van der Waals surface area contributed by atoms with E-state index in [2.05, 4.69) is 51.7 Å². The third kappa shape index (κ3) is 7.11. The lowest BCUT2D eigenvalue weighted by Crippen LogP contribution is -2.46. The minimum Gasteiger partial charge on any atom is -0.497 e. The van der Waals surface area contributed by atoms with E-state index >= 15 is 0 Å². The second-order valence-corrected chi connectivity index (χ2v) is 8.22. The van der Waals surface area contributed by atoms with Crippen molar-refractivity contribution in [2.75, 3.05) is 47.0 Å². The van der Waals surface area contributed by atoms with Crippen LogP contribution in [0.4, 0.5) is 0 Å². The first-order valence-corrected chi connectivity index (χ1v) is 11.0. The van der Waals surface area contributed by atoms with Gasteiger partial charge in [-0.15, -0.1) is 35.3 Å². The summed E-state index contributed by atoms with van der Waals surface area (Å²) in [5.74, 6) is 1.70. The summed E-state index contributed by atoms with van der Waals surface area (Å²) < 4.78 is 10.9. The molecule has 6 nitrogen and oxygen atoms in total. The van der Waals surface area contributed by atoms with Gasteiger partial charge in [-0.1, -0.05) is 19.1 Å². The molecule has 8 heteroatoms. The van der Waals surface area contributed by atoms with Gasteiger partial charge in [-0.25, -0.2) is 0 Å². The molecule has 1 aromatic carbocycles. The Hall–Kier alpha value is -1.36. The molecule has 2 aromatic rings. The van der Waals surface area contributed by atoms with Gasteiger partial charge < -0.3 is 20.1 Å². The Labute approximate surface area is 201 Å². The topological polar surface area (TPSA) is 58.1 Å². The van der Waals surface area contributed by atoms with Gasteiger partial charge in [0.2, 0.25) is 0 Å². The number of aryl methyl sites for hydroxylation is 1. The first kappa shape index (κ1) is 24.9. The maximum Gasteiger partial charge on any atom is 0.191 e. The molecule has 30 heavy (non-hydrogen) atoms. The van der Waals surface area contributed by atoms with Gasteiger partial charge in [0.05, 0.1) is 32.9 Å². The Morgan fingerprint density at radius 3 is 2.43 bits per heavy atom. The molecule has 0 radical (unpaired) electrons. The quantitative estimate of drug-likeness (QED) is 0.302. The molecule has 2 N–H and O–H groups in total. The Morgan fingerprint density at radius 1 is 1.13 bits per heavy atom. The second kappa shape index (κ2) is 13.1. The fourth-order valence-electron chi connectivity index (χ4n) is 3.47. The van der Waals surface area contributed by atoms with E-state index in [1.54, 1.807) is 7.11 Å². The van der Waals surface area contributed by atoms with Gasteiger partial charge in [-0.05, 0) is 36.2 Å². The second-order valence-electron chi connectivity index (χ2n) is 6.97. The number of thiophene rings is 1. The van der Waals surface area contributed by atoms with Crippen LogP contribution in [-0.2, 0) is 17.7 Å². The van der Waals surface area contributed by atoms with Crippen LogP contribution in [0.3, 0.4) is 0 Å². The van der Waals surface area contributed by atoms with Gasteiger partial charge in [0.25, 0.3) is 0 Å². The van der Waals surface area contributed by atoms with Gasteiger partial charge in [-0.2, -0.15) is 0 Å². The first-order chi connectivity index (χ1) is 14.2. The van der Waals surface area contributed by atoms with E-state index < -0.39 is 0 Å². The summed E-state index contributed by atoms with van der Waals surface area (Å²) in [5.41, 5.74) is 1.27. The highest BCUT2D eigenvalue weighted by atomic mass is 127. The summed E-state index contributed by atoms with van der Waals surface area (Å²) in [5, 5.41) is 6.95. The molecule has 1 aliphatic heterocycles. The zero-order valence-corrected chi connectivity index (χ0v) is 21.2. The molecule has 1 aromatic heterocycles. The number of benzene rings is 1. The third-order valence-electron chi connectivity index (χ3n) is 5.17. The van der Waals surface area contributed by atoms with Crippen LogP contribution < -0.4 is 15.4 Å². The van der Waals surface area contributed by atoms with E-state index in [1.807, 2.05) is 30.5 Å². The van der Waals surface area contributed by atoms with Crippen LogP contribution in [0.2, 0.25) is 0 Å². The summed E-state index contributed by atoms with van der Waals surface area (Å²) in [4.78, 5) is 9.61. The van der Waals surface area contributed by atoms with Crippen LogP contribution in [-0.4, -0.2) is 57.9 Å². The maximum atomic E-state index is 5.55. The number of nitrogens with one attached hydrogen (secondary N) is 2. The van der Waals surface area contributed by atoms with Crippen molar-refractivity contribution in [3.05, 3.63) is 51.7 Å². The van der Waals surface area contributed by atoms with Crippen LogP contribution >= 0.6 is 35.3 Å². The van der Waals surface area contributed by atoms with Crippen molar-refractivity contribution in [3.63, 3.8) is 0 Å². The largest absolute Gasteiger partial charge is 0.497 e. The van der Waals surface area contributed by atoms with Gasteiger partial charge >= 0.3 is 0 Å². The Balaban J connectivity index is 0.00000320. The summed E-state index contributed by atoms with van der Waals surface area (Å²) >= 11 is 1.85. The molecule has 0 aliphatic carbocycles. The maximum absolute atomic E-state index is 5.55. The van der Waals surface area contributed by atoms with Crippen molar-refractivity contribution in [2.24, 2.45) is 4.99 Å². The predicted molar refractivity (Wildman–Crippen MR) is 135 cm³/mol. The molecule has 1 fully saturated rings. The minimum absolute atomic E-state index is 0. The molecule has 0 amide bonds. The van der Waals surface area contributed by atoms with Crippen molar-refractivity contribution >= 4 is 41.3 Å². The molecule has 0 saturated carbocycles. The van der Waals surface area contributed by atoms with E-state index in [0.29, 0.717) is 0 Å². The number of ether oxygens (including phenoxy) is 2. The minimum atomic E-state index is 0. The number of halogens is 1. The molecule has 166 valence electrons. The fraction of sp³-hybridized carbons (Fsp3) is 0.500. The number of rotatable bonds is 8. The van der Waals surface area contributed by atoms with Gasteiger partial charge in [-0.3, -0.25) is 9.89 Å². The smallest absolute Gasteiger partial charge is 0.191 e. The van der Waals surface area contributed by atoms with Crippen LogP contribution in [0, 0.1) is 0 Å². The monoisotopic (exact) mass is 544 g/mol. The highest BCUT2D eigenvalue weighted by Gasteiger charge is 2.23. The third-order valence-corrected chi connectivity index (χ3v) is 6.40. The highest BCUT2D eigenvalue weighted by Crippen LogP contribution is 2.23. The number of aliphatic imine (C=N–C) groups is 1. The summed E-state index contributed by atoms with van der Waals surface area (Å²) in [6.07, 6.45) is 1.08. The molecule has 1 aliphatic rings. The van der Waals surface area contributed by atoms with E-state index in [4.69, 9.17) is 9.47 Å². The van der Waals surface area contributed by atoms with E-state index in [9.17, 15) is 0 Å². The number of methoxy groups -OCH3 is 1. The normalized spacial score (nSPS) is 15.9. The van der Waals surface area contributed by atoms with Crippen LogP contribution in [0.25, 0.3) is 0 Å². The highest BCUT2D eigenvalue weighted by molar-refractivity contribution is 14.0. The zero-order valence-electron chi connectivity index (χ0n) is 18.0. The van der Waals surface area contributed by atoms with Crippen LogP contribution in [0.1, 0.15) is 28.3 Å². The molecule has 1 saturated heterocycles. The van der Waals surface area contributed by atoms with Crippen molar-refractivity contribution in [3.8, 4) is 5.75 Å². The van der Waals surface area contributed by atoms with E-state index in [-0.39, 0.29) is 30.0 Å². The number of hydrogen-bond acceptors (Lipinski definition) is 5. The molecule has 0 bridgehead atoms. The standard InChI is InChI=1S/C22H32N4O2S.HI/c1-4-19-9-10-20(29-19)15-24-22(23-2)25-16-21(26-11-13-28-14-12-26)17-5-7-18(27-3)8-6-17;/h5-10,21H,4,11-16H2,1-3H3,(H2,23,24,25);1H. The Kier molecular flexibility index (Phi) is 10.9. The average molecular weight is 545 g/mol. The Morgan fingerprint density at radius 2 is 1.83 bits per heavy atom. The number of nitrogens with zero attached hydrogens (tertiary/aromatic N) is 2. The Bertz CT molecular complexity index is 776. The molecular formula is C22H33IN4O2S. The lowest BCUT2D eigenvalue weighted by molar-refractivity contribution is 0.0170. The van der Waals surface area contributed by atoms with E-state index in [0.717, 1.165) is 57.5 Å².